The molecule has 2 N–H and O–H groups in total. The number of rotatable bonds is 5. The molecule has 0 spiro atoms. The van der Waals surface area contributed by atoms with E-state index in [2.05, 4.69) is 53.0 Å². The average Bonchev–Trinajstić information content (AvgIpc) is 2.45. The zero-order valence-corrected chi connectivity index (χ0v) is 14.3. The van der Waals surface area contributed by atoms with E-state index in [4.69, 9.17) is 5.73 Å². The molecule has 2 nitrogen and oxygen atoms in total. The highest BCUT2D eigenvalue weighted by atomic mass is 79.9. The fraction of sp³-hybridized carbons (Fsp3) is 0.647. The molecule has 3 unspecified atom stereocenters. The van der Waals surface area contributed by atoms with Crippen LogP contribution in [0.3, 0.4) is 0 Å². The highest BCUT2D eigenvalue weighted by molar-refractivity contribution is 9.10. The van der Waals surface area contributed by atoms with Gasteiger partial charge in [-0.25, -0.2) is 0 Å². The van der Waals surface area contributed by atoms with Crippen LogP contribution in [0.5, 0.6) is 0 Å². The normalized spacial score (nSPS) is 24.9. The number of halogens is 1. The van der Waals surface area contributed by atoms with E-state index in [1.54, 1.807) is 0 Å². The van der Waals surface area contributed by atoms with E-state index in [9.17, 15) is 0 Å². The van der Waals surface area contributed by atoms with Gasteiger partial charge in [0, 0.05) is 16.6 Å². The minimum atomic E-state index is 0.118. The van der Waals surface area contributed by atoms with Gasteiger partial charge in [0.1, 0.15) is 0 Å². The Labute approximate surface area is 131 Å². The molecule has 0 radical (unpaired) electrons. The van der Waals surface area contributed by atoms with E-state index >= 15 is 0 Å². The SMILES string of the molecule is CC1CCCCC1N(C)CCC(N)c1ccccc1Br. The van der Waals surface area contributed by atoms with Gasteiger partial charge in [0.05, 0.1) is 0 Å². The fourth-order valence-corrected chi connectivity index (χ4v) is 3.97. The van der Waals surface area contributed by atoms with E-state index in [0.717, 1.165) is 29.4 Å². The lowest BCUT2D eigenvalue weighted by Gasteiger charge is -2.36. The van der Waals surface area contributed by atoms with Crippen LogP contribution >= 0.6 is 15.9 Å². The van der Waals surface area contributed by atoms with Crippen LogP contribution in [0, 0.1) is 5.92 Å². The Kier molecular flexibility index (Phi) is 6.06. The molecule has 112 valence electrons. The molecule has 1 aliphatic carbocycles. The first-order chi connectivity index (χ1) is 9.59. The predicted octanol–water partition coefficient (Wildman–Crippen LogP) is 4.35. The van der Waals surface area contributed by atoms with Crippen LogP contribution in [-0.4, -0.2) is 24.5 Å². The lowest BCUT2D eigenvalue weighted by atomic mass is 9.85. The summed E-state index contributed by atoms with van der Waals surface area (Å²) >= 11 is 3.60. The second kappa shape index (κ2) is 7.58. The summed E-state index contributed by atoms with van der Waals surface area (Å²) in [4.78, 5) is 2.53. The molecule has 0 aliphatic heterocycles. The van der Waals surface area contributed by atoms with Gasteiger partial charge >= 0.3 is 0 Å². The summed E-state index contributed by atoms with van der Waals surface area (Å²) in [5.74, 6) is 0.827. The number of nitrogens with two attached hydrogens (primary N) is 1. The summed E-state index contributed by atoms with van der Waals surface area (Å²) in [6.07, 6.45) is 6.53. The van der Waals surface area contributed by atoms with E-state index in [-0.39, 0.29) is 6.04 Å². The molecule has 1 aromatic rings. The van der Waals surface area contributed by atoms with Gasteiger partial charge in [0.2, 0.25) is 0 Å². The van der Waals surface area contributed by atoms with Crippen molar-refractivity contribution in [3.05, 3.63) is 34.3 Å². The Morgan fingerprint density at radius 3 is 2.70 bits per heavy atom. The molecule has 1 aromatic carbocycles. The van der Waals surface area contributed by atoms with Crippen LogP contribution in [0.1, 0.15) is 50.6 Å². The molecule has 1 saturated carbocycles. The highest BCUT2D eigenvalue weighted by Gasteiger charge is 2.25. The Bertz CT molecular complexity index is 421. The maximum absolute atomic E-state index is 6.35. The van der Waals surface area contributed by atoms with E-state index < -0.39 is 0 Å². The van der Waals surface area contributed by atoms with Crippen molar-refractivity contribution in [2.75, 3.05) is 13.6 Å². The quantitative estimate of drug-likeness (QED) is 0.864. The van der Waals surface area contributed by atoms with Crippen molar-refractivity contribution in [1.82, 2.24) is 4.90 Å². The Hall–Kier alpha value is -0.380. The van der Waals surface area contributed by atoms with Crippen LogP contribution in [-0.2, 0) is 0 Å². The number of hydrogen-bond acceptors (Lipinski definition) is 2. The summed E-state index contributed by atoms with van der Waals surface area (Å²) in [7, 11) is 2.26. The molecule has 2 rings (SSSR count). The predicted molar refractivity (Wildman–Crippen MR) is 89.7 cm³/mol. The third-order valence-electron chi connectivity index (χ3n) is 4.73. The van der Waals surface area contributed by atoms with Gasteiger partial charge in [-0.05, 0) is 50.4 Å². The number of benzene rings is 1. The number of hydrogen-bond donors (Lipinski definition) is 1. The molecule has 3 atom stereocenters. The lowest BCUT2D eigenvalue weighted by Crippen LogP contribution is -2.40. The fourth-order valence-electron chi connectivity index (χ4n) is 3.39. The van der Waals surface area contributed by atoms with Gasteiger partial charge < -0.3 is 10.6 Å². The van der Waals surface area contributed by atoms with Gasteiger partial charge in [-0.2, -0.15) is 0 Å². The van der Waals surface area contributed by atoms with Crippen molar-refractivity contribution in [2.45, 2.75) is 51.1 Å². The minimum Gasteiger partial charge on any atom is -0.324 e. The second-order valence-corrected chi connectivity index (χ2v) is 7.08. The van der Waals surface area contributed by atoms with Gasteiger partial charge in [0.25, 0.3) is 0 Å². The van der Waals surface area contributed by atoms with Gasteiger partial charge in [-0.15, -0.1) is 0 Å². The van der Waals surface area contributed by atoms with Crippen LogP contribution in [0.4, 0.5) is 0 Å². The van der Waals surface area contributed by atoms with Gasteiger partial charge in [-0.3, -0.25) is 0 Å². The van der Waals surface area contributed by atoms with Crippen molar-refractivity contribution >= 4 is 15.9 Å². The maximum Gasteiger partial charge on any atom is 0.0318 e. The molecule has 20 heavy (non-hydrogen) atoms. The molecule has 3 heteroatoms. The molecule has 1 aliphatic rings. The molecule has 0 heterocycles. The third kappa shape index (κ3) is 4.06. The van der Waals surface area contributed by atoms with Crippen LogP contribution in [0.2, 0.25) is 0 Å². The minimum absolute atomic E-state index is 0.118. The Morgan fingerprint density at radius 1 is 1.30 bits per heavy atom. The third-order valence-corrected chi connectivity index (χ3v) is 5.45. The molecule has 0 amide bonds. The first-order valence-electron chi connectivity index (χ1n) is 7.80. The summed E-state index contributed by atoms with van der Waals surface area (Å²) in [5, 5.41) is 0. The van der Waals surface area contributed by atoms with Crippen molar-refractivity contribution < 1.29 is 0 Å². The molecular formula is C17H27BrN2. The summed E-state index contributed by atoms with van der Waals surface area (Å²) in [6.45, 7) is 3.48. The molecule has 0 saturated heterocycles. The average molecular weight is 339 g/mol. The highest BCUT2D eigenvalue weighted by Crippen LogP contribution is 2.28. The molecule has 0 bridgehead atoms. The van der Waals surface area contributed by atoms with Crippen LogP contribution < -0.4 is 5.73 Å². The number of nitrogens with zero attached hydrogens (tertiary/aromatic N) is 1. The van der Waals surface area contributed by atoms with Crippen molar-refractivity contribution in [2.24, 2.45) is 11.7 Å². The van der Waals surface area contributed by atoms with Crippen molar-refractivity contribution in [3.8, 4) is 0 Å². The smallest absolute Gasteiger partial charge is 0.0318 e. The standard InChI is InChI=1S/C17H27BrN2/c1-13-7-3-6-10-17(13)20(2)12-11-16(19)14-8-4-5-9-15(14)18/h4-5,8-9,13,16-17H,3,6-7,10-12,19H2,1-2H3. The first-order valence-corrected chi connectivity index (χ1v) is 8.59. The molecule has 0 aromatic heterocycles. The summed E-state index contributed by atoms with van der Waals surface area (Å²) < 4.78 is 1.13. The Balaban J connectivity index is 1.86. The lowest BCUT2D eigenvalue weighted by molar-refractivity contribution is 0.136. The largest absolute Gasteiger partial charge is 0.324 e. The topological polar surface area (TPSA) is 29.3 Å². The van der Waals surface area contributed by atoms with Crippen LogP contribution in [0.25, 0.3) is 0 Å². The molecule has 1 fully saturated rings. The molecular weight excluding hydrogens is 312 g/mol. The zero-order valence-electron chi connectivity index (χ0n) is 12.7. The van der Waals surface area contributed by atoms with E-state index in [1.165, 1.54) is 31.2 Å². The summed E-state index contributed by atoms with van der Waals surface area (Å²) in [5.41, 5.74) is 7.57. The van der Waals surface area contributed by atoms with Gasteiger partial charge in [-0.1, -0.05) is 53.9 Å². The maximum atomic E-state index is 6.35. The van der Waals surface area contributed by atoms with Gasteiger partial charge in [0.15, 0.2) is 0 Å². The van der Waals surface area contributed by atoms with Crippen molar-refractivity contribution in [3.63, 3.8) is 0 Å². The van der Waals surface area contributed by atoms with E-state index in [1.807, 2.05) is 6.07 Å². The van der Waals surface area contributed by atoms with E-state index in [0.29, 0.717) is 0 Å². The zero-order chi connectivity index (χ0) is 14.5. The Morgan fingerprint density at radius 2 is 2.00 bits per heavy atom. The van der Waals surface area contributed by atoms with Crippen LogP contribution in [0.15, 0.2) is 28.7 Å². The second-order valence-electron chi connectivity index (χ2n) is 6.23. The first kappa shape index (κ1) is 16.0. The summed E-state index contributed by atoms with van der Waals surface area (Å²) in [6, 6.07) is 9.16. The monoisotopic (exact) mass is 338 g/mol. The van der Waals surface area contributed by atoms with Crippen molar-refractivity contribution in [1.29, 1.82) is 0 Å².